The fourth-order valence-corrected chi connectivity index (χ4v) is 2.98. The minimum atomic E-state index is -0.202. The second kappa shape index (κ2) is 8.73. The first-order chi connectivity index (χ1) is 12.3. The lowest BCUT2D eigenvalue weighted by atomic mass is 10.1. The lowest BCUT2D eigenvalue weighted by Gasteiger charge is -2.22. The first-order valence-corrected chi connectivity index (χ1v) is 8.83. The van der Waals surface area contributed by atoms with Crippen molar-refractivity contribution in [2.45, 2.75) is 39.0 Å². The maximum atomic E-state index is 12.4. The monoisotopic (exact) mass is 343 g/mol. The van der Waals surface area contributed by atoms with Gasteiger partial charge in [-0.25, -0.2) is 4.68 Å². The number of hydrogen-bond donors (Lipinski definition) is 2. The smallest absolute Gasteiger partial charge is 0.273 e. The van der Waals surface area contributed by atoms with E-state index in [4.69, 9.17) is 4.74 Å². The minimum absolute atomic E-state index is 0.202. The first kappa shape index (κ1) is 17.6. The summed E-state index contributed by atoms with van der Waals surface area (Å²) in [6.45, 7) is 5.58. The maximum Gasteiger partial charge on any atom is 0.273 e. The van der Waals surface area contributed by atoms with Crippen LogP contribution in [0.5, 0.6) is 0 Å². The molecule has 2 aromatic rings. The van der Waals surface area contributed by atoms with Crippen molar-refractivity contribution in [2.24, 2.45) is 0 Å². The minimum Gasteiger partial charge on any atom is -0.377 e. The Kier molecular flexibility index (Phi) is 6.14. The molecule has 1 aromatic carbocycles. The van der Waals surface area contributed by atoms with Gasteiger partial charge in [-0.2, -0.15) is 0 Å². The largest absolute Gasteiger partial charge is 0.377 e. The van der Waals surface area contributed by atoms with E-state index < -0.39 is 0 Å². The Bertz CT molecular complexity index is 694. The Morgan fingerprint density at radius 1 is 1.32 bits per heavy atom. The maximum absolute atomic E-state index is 12.4. The Balaban J connectivity index is 1.59. The quantitative estimate of drug-likeness (QED) is 0.799. The average molecular weight is 343 g/mol. The van der Waals surface area contributed by atoms with Crippen molar-refractivity contribution in [1.82, 2.24) is 25.6 Å². The molecule has 25 heavy (non-hydrogen) atoms. The number of benzene rings is 1. The molecule has 0 unspecified atom stereocenters. The van der Waals surface area contributed by atoms with Crippen molar-refractivity contribution in [3.8, 4) is 0 Å². The van der Waals surface area contributed by atoms with E-state index in [1.54, 1.807) is 6.20 Å². The number of hydrogen-bond acceptors (Lipinski definition) is 5. The summed E-state index contributed by atoms with van der Waals surface area (Å²) in [5, 5.41) is 14.4. The molecule has 7 heteroatoms. The van der Waals surface area contributed by atoms with Crippen LogP contribution in [0.3, 0.4) is 0 Å². The molecule has 3 rings (SSSR count). The van der Waals surface area contributed by atoms with Crippen LogP contribution in [0.25, 0.3) is 0 Å². The van der Waals surface area contributed by atoms with Gasteiger partial charge >= 0.3 is 0 Å². The molecule has 1 aliphatic rings. The number of ether oxygens (including phenoxy) is 1. The van der Waals surface area contributed by atoms with Crippen molar-refractivity contribution in [3.63, 3.8) is 0 Å². The Hall–Kier alpha value is -2.25. The molecule has 1 aliphatic heterocycles. The van der Waals surface area contributed by atoms with Crippen LogP contribution in [0.1, 0.15) is 47.4 Å². The molecule has 0 atom stereocenters. The van der Waals surface area contributed by atoms with E-state index in [2.05, 4.69) is 20.9 Å². The molecule has 1 amide bonds. The lowest BCUT2D eigenvalue weighted by molar-refractivity contribution is 0.0944. The van der Waals surface area contributed by atoms with Crippen LogP contribution < -0.4 is 10.6 Å². The van der Waals surface area contributed by atoms with E-state index in [0.29, 0.717) is 31.5 Å². The summed E-state index contributed by atoms with van der Waals surface area (Å²) in [5.74, 6) is -0.202. The number of carbonyl (C=O) groups is 1. The molecule has 2 N–H and O–H groups in total. The van der Waals surface area contributed by atoms with Gasteiger partial charge < -0.3 is 15.4 Å². The lowest BCUT2D eigenvalue weighted by Crippen LogP contribution is -2.29. The van der Waals surface area contributed by atoms with Crippen molar-refractivity contribution < 1.29 is 9.53 Å². The molecule has 7 nitrogen and oxygen atoms in total. The van der Waals surface area contributed by atoms with Crippen LogP contribution in [0.15, 0.2) is 30.5 Å². The van der Waals surface area contributed by atoms with Gasteiger partial charge in [0.2, 0.25) is 0 Å². The zero-order valence-corrected chi connectivity index (χ0v) is 14.6. The molecule has 0 bridgehead atoms. The predicted molar refractivity (Wildman–Crippen MR) is 94.1 cm³/mol. The van der Waals surface area contributed by atoms with Gasteiger partial charge in [-0.3, -0.25) is 4.79 Å². The highest BCUT2D eigenvalue weighted by atomic mass is 16.5. The molecule has 1 saturated heterocycles. The number of nitrogens with zero attached hydrogens (tertiary/aromatic N) is 3. The van der Waals surface area contributed by atoms with Gasteiger partial charge in [-0.05, 0) is 44.0 Å². The van der Waals surface area contributed by atoms with Gasteiger partial charge in [0, 0.05) is 13.2 Å². The van der Waals surface area contributed by atoms with E-state index in [0.717, 1.165) is 37.1 Å². The molecular weight excluding hydrogens is 318 g/mol. The number of rotatable bonds is 7. The number of carbonyl (C=O) groups excluding carboxylic acids is 1. The molecule has 2 heterocycles. The summed E-state index contributed by atoms with van der Waals surface area (Å²) in [7, 11) is 0. The molecule has 0 saturated carbocycles. The molecule has 0 aliphatic carbocycles. The Morgan fingerprint density at radius 2 is 2.08 bits per heavy atom. The van der Waals surface area contributed by atoms with E-state index in [9.17, 15) is 4.79 Å². The second-order valence-corrected chi connectivity index (χ2v) is 6.15. The van der Waals surface area contributed by atoms with Crippen LogP contribution in [-0.2, 0) is 17.9 Å². The number of aromatic nitrogens is 3. The summed E-state index contributed by atoms with van der Waals surface area (Å²) in [5.41, 5.74) is 2.50. The van der Waals surface area contributed by atoms with Gasteiger partial charge in [0.25, 0.3) is 5.91 Å². The molecule has 0 radical (unpaired) electrons. The standard InChI is InChI=1S/C18H25N5O2/c1-2-25-13-15-6-4-3-5-14(15)11-20-18(24)17-12-23(22-21-17)16-7-9-19-10-8-16/h3-6,12,16,19H,2,7-11,13H2,1H3,(H,20,24). The van der Waals surface area contributed by atoms with Crippen molar-refractivity contribution in [3.05, 3.63) is 47.3 Å². The number of nitrogens with one attached hydrogen (secondary N) is 2. The highest BCUT2D eigenvalue weighted by Crippen LogP contribution is 2.17. The van der Waals surface area contributed by atoms with Gasteiger partial charge in [0.15, 0.2) is 5.69 Å². The van der Waals surface area contributed by atoms with Crippen molar-refractivity contribution >= 4 is 5.91 Å². The van der Waals surface area contributed by atoms with Crippen LogP contribution in [-0.4, -0.2) is 40.6 Å². The fraction of sp³-hybridized carbons (Fsp3) is 0.500. The first-order valence-electron chi connectivity index (χ1n) is 8.83. The summed E-state index contributed by atoms with van der Waals surface area (Å²) in [6.07, 6.45) is 3.77. The summed E-state index contributed by atoms with van der Waals surface area (Å²) >= 11 is 0. The third kappa shape index (κ3) is 4.64. The third-order valence-electron chi connectivity index (χ3n) is 4.45. The van der Waals surface area contributed by atoms with E-state index in [1.165, 1.54) is 0 Å². The Labute approximate surface area is 147 Å². The van der Waals surface area contributed by atoms with Gasteiger partial charge in [0.05, 0.1) is 18.8 Å². The number of piperidine rings is 1. The second-order valence-electron chi connectivity index (χ2n) is 6.15. The van der Waals surface area contributed by atoms with E-state index in [1.807, 2.05) is 35.9 Å². The summed E-state index contributed by atoms with van der Waals surface area (Å²) in [6, 6.07) is 8.28. The van der Waals surface area contributed by atoms with Crippen LogP contribution >= 0.6 is 0 Å². The zero-order valence-electron chi connectivity index (χ0n) is 14.6. The Morgan fingerprint density at radius 3 is 2.84 bits per heavy atom. The average Bonchev–Trinajstić information content (AvgIpc) is 3.16. The molecule has 1 fully saturated rings. The van der Waals surface area contributed by atoms with Crippen LogP contribution in [0.4, 0.5) is 0 Å². The van der Waals surface area contributed by atoms with Crippen molar-refractivity contribution in [1.29, 1.82) is 0 Å². The van der Waals surface area contributed by atoms with Crippen molar-refractivity contribution in [2.75, 3.05) is 19.7 Å². The molecule has 134 valence electrons. The third-order valence-corrected chi connectivity index (χ3v) is 4.45. The van der Waals surface area contributed by atoms with E-state index >= 15 is 0 Å². The molecule has 0 spiro atoms. The van der Waals surface area contributed by atoms with Crippen LogP contribution in [0.2, 0.25) is 0 Å². The topological polar surface area (TPSA) is 81.1 Å². The highest BCUT2D eigenvalue weighted by molar-refractivity contribution is 5.91. The zero-order chi connectivity index (χ0) is 17.5. The molecule has 1 aromatic heterocycles. The van der Waals surface area contributed by atoms with E-state index in [-0.39, 0.29) is 5.91 Å². The SMILES string of the molecule is CCOCc1ccccc1CNC(=O)c1cn(C2CCNCC2)nn1. The fourth-order valence-electron chi connectivity index (χ4n) is 2.98. The van der Waals surface area contributed by atoms with Gasteiger partial charge in [0.1, 0.15) is 0 Å². The predicted octanol–water partition coefficient (Wildman–Crippen LogP) is 1.67. The molecular formula is C18H25N5O2. The highest BCUT2D eigenvalue weighted by Gasteiger charge is 2.18. The summed E-state index contributed by atoms with van der Waals surface area (Å²) < 4.78 is 7.30. The summed E-state index contributed by atoms with van der Waals surface area (Å²) in [4.78, 5) is 12.4. The number of amides is 1. The van der Waals surface area contributed by atoms with Crippen LogP contribution in [0, 0.1) is 0 Å². The normalized spacial score (nSPS) is 15.2. The van der Waals surface area contributed by atoms with Gasteiger partial charge in [-0.15, -0.1) is 5.10 Å². The van der Waals surface area contributed by atoms with Gasteiger partial charge in [-0.1, -0.05) is 29.5 Å².